The molecule has 2 heterocycles. The van der Waals surface area contributed by atoms with Crippen LogP contribution < -0.4 is 10.2 Å². The zero-order chi connectivity index (χ0) is 18.8. The highest BCUT2D eigenvalue weighted by molar-refractivity contribution is 6.34. The van der Waals surface area contributed by atoms with Gasteiger partial charge in [0, 0.05) is 28.9 Å². The summed E-state index contributed by atoms with van der Waals surface area (Å²) in [5.41, 5.74) is 3.78. The first-order valence-corrected chi connectivity index (χ1v) is 9.32. The van der Waals surface area contributed by atoms with Crippen molar-refractivity contribution in [3.8, 4) is 0 Å². The third-order valence-corrected chi connectivity index (χ3v) is 4.68. The van der Waals surface area contributed by atoms with Crippen LogP contribution in [0.1, 0.15) is 24.5 Å². The Hall–Kier alpha value is -2.92. The summed E-state index contributed by atoms with van der Waals surface area (Å²) in [7, 11) is 0. The highest BCUT2D eigenvalue weighted by atomic mass is 35.5. The molecular weight excluding hydrogens is 360 g/mol. The van der Waals surface area contributed by atoms with Crippen molar-refractivity contribution in [3.05, 3.63) is 76.6 Å². The molecule has 0 radical (unpaired) electrons. The number of carbonyl (C=O) groups is 1. The largest absolute Gasteiger partial charge is 0.389 e. The van der Waals surface area contributed by atoms with Crippen LogP contribution in [0.3, 0.4) is 0 Å². The Bertz CT molecular complexity index is 979. The molecule has 5 nitrogen and oxygen atoms in total. The predicted octanol–water partition coefficient (Wildman–Crippen LogP) is 3.78. The molecule has 0 atom stereocenters. The molecule has 0 saturated heterocycles. The first-order valence-electron chi connectivity index (χ1n) is 8.94. The SMILES string of the molecule is CCCNC=C1N=C2CN=C(c3ccccc3)c3cc(Cl)ccc3N2C1=O. The van der Waals surface area contributed by atoms with Crippen molar-refractivity contribution in [2.45, 2.75) is 13.3 Å². The van der Waals surface area contributed by atoms with Crippen LogP contribution in [0, 0.1) is 0 Å². The summed E-state index contributed by atoms with van der Waals surface area (Å²) in [6.07, 6.45) is 2.66. The van der Waals surface area contributed by atoms with Gasteiger partial charge in [-0.2, -0.15) is 0 Å². The molecule has 6 heteroatoms. The zero-order valence-electron chi connectivity index (χ0n) is 14.9. The van der Waals surface area contributed by atoms with E-state index in [9.17, 15) is 4.79 Å². The number of rotatable bonds is 4. The van der Waals surface area contributed by atoms with Gasteiger partial charge in [0.25, 0.3) is 5.91 Å². The fourth-order valence-electron chi connectivity index (χ4n) is 3.20. The van der Waals surface area contributed by atoms with E-state index in [0.29, 0.717) is 23.1 Å². The third-order valence-electron chi connectivity index (χ3n) is 4.44. The van der Waals surface area contributed by atoms with Crippen LogP contribution in [0.25, 0.3) is 0 Å². The summed E-state index contributed by atoms with van der Waals surface area (Å²) >= 11 is 6.27. The van der Waals surface area contributed by atoms with E-state index >= 15 is 0 Å². The number of aliphatic imine (C=N–C) groups is 2. The van der Waals surface area contributed by atoms with Gasteiger partial charge in [0.05, 0.1) is 17.9 Å². The fraction of sp³-hybridized carbons (Fsp3) is 0.190. The zero-order valence-corrected chi connectivity index (χ0v) is 15.7. The first-order chi connectivity index (χ1) is 13.2. The van der Waals surface area contributed by atoms with Gasteiger partial charge in [-0.15, -0.1) is 0 Å². The molecule has 0 bridgehead atoms. The number of hydrogen-bond acceptors (Lipinski definition) is 4. The molecule has 4 rings (SSSR count). The van der Waals surface area contributed by atoms with Crippen molar-refractivity contribution in [3.63, 3.8) is 0 Å². The molecular formula is C21H19ClN4O. The molecule has 0 fully saturated rings. The molecule has 0 spiro atoms. The topological polar surface area (TPSA) is 57.1 Å². The van der Waals surface area contributed by atoms with Gasteiger partial charge in [-0.1, -0.05) is 48.9 Å². The molecule has 2 aliphatic heterocycles. The van der Waals surface area contributed by atoms with Gasteiger partial charge in [0.1, 0.15) is 11.5 Å². The van der Waals surface area contributed by atoms with E-state index in [4.69, 9.17) is 16.6 Å². The van der Waals surface area contributed by atoms with Crippen LogP contribution in [0.4, 0.5) is 5.69 Å². The molecule has 2 aromatic carbocycles. The van der Waals surface area contributed by atoms with Crippen LogP contribution >= 0.6 is 11.6 Å². The smallest absolute Gasteiger partial charge is 0.284 e. The number of nitrogens with one attached hydrogen (secondary N) is 1. The van der Waals surface area contributed by atoms with Crippen LogP contribution in [0.15, 0.2) is 70.4 Å². The van der Waals surface area contributed by atoms with E-state index < -0.39 is 0 Å². The highest BCUT2D eigenvalue weighted by Gasteiger charge is 2.35. The predicted molar refractivity (Wildman–Crippen MR) is 110 cm³/mol. The number of anilines is 1. The van der Waals surface area contributed by atoms with Crippen molar-refractivity contribution in [1.29, 1.82) is 0 Å². The molecule has 0 unspecified atom stereocenters. The van der Waals surface area contributed by atoms with E-state index in [-0.39, 0.29) is 5.91 Å². The third kappa shape index (κ3) is 3.26. The molecule has 27 heavy (non-hydrogen) atoms. The normalized spacial score (nSPS) is 17.2. The molecule has 2 aliphatic rings. The maximum Gasteiger partial charge on any atom is 0.284 e. The average Bonchev–Trinajstić information content (AvgIpc) is 2.90. The van der Waals surface area contributed by atoms with Gasteiger partial charge in [0.15, 0.2) is 0 Å². The maximum absolute atomic E-state index is 13.0. The van der Waals surface area contributed by atoms with Gasteiger partial charge >= 0.3 is 0 Å². The Labute approximate surface area is 163 Å². The average molecular weight is 379 g/mol. The monoisotopic (exact) mass is 378 g/mol. The van der Waals surface area contributed by atoms with E-state index in [2.05, 4.69) is 17.2 Å². The van der Waals surface area contributed by atoms with Gasteiger partial charge in [-0.05, 0) is 24.6 Å². The maximum atomic E-state index is 13.0. The van der Waals surface area contributed by atoms with Crippen LogP contribution in [0.2, 0.25) is 5.02 Å². The quantitative estimate of drug-likeness (QED) is 0.650. The van der Waals surface area contributed by atoms with Crippen LogP contribution in [-0.2, 0) is 4.79 Å². The fourth-order valence-corrected chi connectivity index (χ4v) is 3.37. The Kier molecular flexibility index (Phi) is 4.77. The summed E-state index contributed by atoms with van der Waals surface area (Å²) in [5, 5.41) is 3.73. The molecule has 0 aliphatic carbocycles. The Morgan fingerprint density at radius 2 is 2.04 bits per heavy atom. The van der Waals surface area contributed by atoms with Crippen LogP contribution in [0.5, 0.6) is 0 Å². The summed E-state index contributed by atoms with van der Waals surface area (Å²) in [6.45, 7) is 3.19. The number of hydrogen-bond donors (Lipinski definition) is 1. The van der Waals surface area contributed by atoms with Crippen molar-refractivity contribution in [2.75, 3.05) is 18.0 Å². The molecule has 1 amide bonds. The highest BCUT2D eigenvalue weighted by Crippen LogP contribution is 2.33. The summed E-state index contributed by atoms with van der Waals surface area (Å²) in [6, 6.07) is 15.4. The number of nitrogens with zero attached hydrogens (tertiary/aromatic N) is 3. The van der Waals surface area contributed by atoms with Gasteiger partial charge < -0.3 is 5.32 Å². The molecule has 0 saturated carbocycles. The Balaban J connectivity index is 1.82. The Morgan fingerprint density at radius 1 is 1.22 bits per heavy atom. The number of amidine groups is 1. The lowest BCUT2D eigenvalue weighted by molar-refractivity contribution is -0.113. The van der Waals surface area contributed by atoms with Crippen molar-refractivity contribution in [2.24, 2.45) is 9.98 Å². The van der Waals surface area contributed by atoms with Crippen molar-refractivity contribution < 1.29 is 4.79 Å². The Morgan fingerprint density at radius 3 is 2.81 bits per heavy atom. The van der Waals surface area contributed by atoms with Crippen molar-refractivity contribution in [1.82, 2.24) is 5.32 Å². The minimum Gasteiger partial charge on any atom is -0.389 e. The van der Waals surface area contributed by atoms with Gasteiger partial charge in [-0.25, -0.2) is 4.99 Å². The number of benzene rings is 2. The van der Waals surface area contributed by atoms with E-state index in [0.717, 1.165) is 35.5 Å². The van der Waals surface area contributed by atoms with Crippen LogP contribution in [-0.4, -0.2) is 30.5 Å². The number of carbonyl (C=O) groups excluding carboxylic acids is 1. The van der Waals surface area contributed by atoms with Crippen molar-refractivity contribution >= 4 is 34.7 Å². The second kappa shape index (κ2) is 7.37. The first kappa shape index (κ1) is 17.5. The number of amides is 1. The number of halogens is 1. The molecule has 1 N–H and O–H groups in total. The lowest BCUT2D eigenvalue weighted by Gasteiger charge is -2.19. The minimum atomic E-state index is -0.151. The standard InChI is InChI=1S/C21H19ClN4O/c1-2-10-23-12-17-21(27)26-18-9-8-15(22)11-16(18)20(24-13-19(26)25-17)14-6-4-3-5-7-14/h3-9,11-12,23H,2,10,13H2,1H3. The van der Waals surface area contributed by atoms with E-state index in [1.165, 1.54) is 0 Å². The molecule has 2 aromatic rings. The summed E-state index contributed by atoms with van der Waals surface area (Å²) in [4.78, 5) is 23.9. The molecule has 136 valence electrons. The lowest BCUT2D eigenvalue weighted by Crippen LogP contribution is -2.33. The van der Waals surface area contributed by atoms with Gasteiger partial charge in [-0.3, -0.25) is 14.7 Å². The van der Waals surface area contributed by atoms with E-state index in [1.807, 2.05) is 42.5 Å². The summed E-state index contributed by atoms with van der Waals surface area (Å²) in [5.74, 6) is 0.473. The minimum absolute atomic E-state index is 0.151. The second-order valence-electron chi connectivity index (χ2n) is 6.34. The second-order valence-corrected chi connectivity index (χ2v) is 6.78. The molecule has 0 aromatic heterocycles. The van der Waals surface area contributed by atoms with Gasteiger partial charge in [0.2, 0.25) is 0 Å². The number of fused-ring (bicyclic) bond motifs is 3. The summed E-state index contributed by atoms with van der Waals surface area (Å²) < 4.78 is 0. The lowest BCUT2D eigenvalue weighted by atomic mass is 10.00. The van der Waals surface area contributed by atoms with E-state index in [1.54, 1.807) is 17.2 Å².